The van der Waals surface area contributed by atoms with Crippen molar-refractivity contribution in [2.45, 2.75) is 46.8 Å². The number of hydrogen-bond acceptors (Lipinski definition) is 8. The number of rotatable bonds is 9. The molecule has 1 aliphatic rings. The summed E-state index contributed by atoms with van der Waals surface area (Å²) in [4.78, 5) is 32.4. The van der Waals surface area contributed by atoms with Gasteiger partial charge < -0.3 is 18.9 Å². The average Bonchev–Trinajstić information content (AvgIpc) is 3.19. The molecule has 0 radical (unpaired) electrons. The van der Waals surface area contributed by atoms with Crippen LogP contribution in [-0.4, -0.2) is 37.0 Å². The first-order chi connectivity index (χ1) is 19.1. The van der Waals surface area contributed by atoms with Gasteiger partial charge in [0.05, 0.1) is 51.8 Å². The van der Waals surface area contributed by atoms with Gasteiger partial charge in [0.2, 0.25) is 0 Å². The summed E-state index contributed by atoms with van der Waals surface area (Å²) in [6.07, 6.45) is 1.75. The third-order valence-corrected chi connectivity index (χ3v) is 8.24. The van der Waals surface area contributed by atoms with E-state index in [4.69, 9.17) is 18.9 Å². The monoisotopic (exact) mass is 740 g/mol. The van der Waals surface area contributed by atoms with E-state index in [1.165, 1.54) is 11.3 Å². The molecular formula is C29H30BrIN2O6S. The Morgan fingerprint density at radius 3 is 2.60 bits per heavy atom. The molecule has 212 valence electrons. The van der Waals surface area contributed by atoms with Gasteiger partial charge in [-0.05, 0) is 93.1 Å². The first kappa shape index (κ1) is 30.3. The van der Waals surface area contributed by atoms with Gasteiger partial charge in [-0.1, -0.05) is 33.3 Å². The predicted octanol–water partition coefficient (Wildman–Crippen LogP) is 5.36. The maximum atomic E-state index is 14.0. The van der Waals surface area contributed by atoms with Gasteiger partial charge in [0.25, 0.3) is 5.56 Å². The molecule has 1 atom stereocenters. The van der Waals surface area contributed by atoms with E-state index in [1.54, 1.807) is 37.7 Å². The van der Waals surface area contributed by atoms with E-state index in [-0.39, 0.29) is 18.3 Å². The number of ether oxygens (including phenoxy) is 4. The second kappa shape index (κ2) is 12.9. The number of methoxy groups -OCH3 is 1. The Balaban J connectivity index is 1.97. The number of hydrogen-bond donors (Lipinski definition) is 0. The topological polar surface area (TPSA) is 88.4 Å². The number of carbonyl (C=O) groups excluding carboxylic acids is 1. The lowest BCUT2D eigenvalue weighted by atomic mass is 9.95. The molecule has 0 saturated carbocycles. The van der Waals surface area contributed by atoms with E-state index in [0.717, 1.165) is 13.6 Å². The molecule has 2 heterocycles. The zero-order chi connectivity index (χ0) is 29.1. The van der Waals surface area contributed by atoms with Crippen molar-refractivity contribution in [2.24, 2.45) is 4.99 Å². The number of esters is 1. The van der Waals surface area contributed by atoms with E-state index < -0.39 is 12.0 Å². The summed E-state index contributed by atoms with van der Waals surface area (Å²) < 4.78 is 26.6. The number of nitrogens with zero attached hydrogens (tertiary/aromatic N) is 2. The summed E-state index contributed by atoms with van der Waals surface area (Å²) in [5.74, 6) is 1.24. The standard InChI is InChI=1S/C29H30BrIN2O6S/c1-7-37-26-18(11-19(30)14-20(26)31)13-23-27(34)33-25(17-9-10-21(39-15(3)4)22(12-17)36-6)24(28(35)38-8-2)16(5)32-29(33)40-23/h9-15,25H,7-8H2,1-6H3/b23-13+/t25-/m1/s1. The molecule has 1 aromatic heterocycles. The van der Waals surface area contributed by atoms with Crippen molar-refractivity contribution >= 4 is 61.9 Å². The molecule has 0 aliphatic carbocycles. The molecule has 2 aromatic carbocycles. The Labute approximate surface area is 258 Å². The van der Waals surface area contributed by atoms with Crippen LogP contribution in [0.5, 0.6) is 17.2 Å². The Bertz CT molecular complexity index is 1660. The van der Waals surface area contributed by atoms with Gasteiger partial charge >= 0.3 is 5.97 Å². The molecule has 3 aromatic rings. The summed E-state index contributed by atoms with van der Waals surface area (Å²) in [6, 6.07) is 8.52. The highest BCUT2D eigenvalue weighted by Gasteiger charge is 2.34. The highest BCUT2D eigenvalue weighted by atomic mass is 127. The number of carbonyl (C=O) groups is 1. The molecule has 0 spiro atoms. The highest BCUT2D eigenvalue weighted by molar-refractivity contribution is 14.1. The lowest BCUT2D eigenvalue weighted by Crippen LogP contribution is -2.40. The van der Waals surface area contributed by atoms with Crippen LogP contribution in [0.2, 0.25) is 0 Å². The molecular weight excluding hydrogens is 711 g/mol. The molecule has 0 bridgehead atoms. The van der Waals surface area contributed by atoms with Crippen LogP contribution in [0.4, 0.5) is 0 Å². The minimum Gasteiger partial charge on any atom is -0.493 e. The third kappa shape index (κ3) is 6.15. The second-order valence-electron chi connectivity index (χ2n) is 9.12. The number of fused-ring (bicyclic) bond motifs is 1. The fraction of sp³-hybridized carbons (Fsp3) is 0.345. The minimum absolute atomic E-state index is 0.0580. The van der Waals surface area contributed by atoms with Gasteiger partial charge in [-0.15, -0.1) is 0 Å². The van der Waals surface area contributed by atoms with Crippen molar-refractivity contribution in [3.05, 3.63) is 80.5 Å². The van der Waals surface area contributed by atoms with Crippen molar-refractivity contribution in [2.75, 3.05) is 20.3 Å². The number of allylic oxidation sites excluding steroid dienone is 1. The number of halogens is 2. The molecule has 8 nitrogen and oxygen atoms in total. The van der Waals surface area contributed by atoms with Crippen molar-refractivity contribution in [1.82, 2.24) is 4.57 Å². The first-order valence-electron chi connectivity index (χ1n) is 12.8. The summed E-state index contributed by atoms with van der Waals surface area (Å²) in [7, 11) is 1.56. The van der Waals surface area contributed by atoms with Crippen LogP contribution in [-0.2, 0) is 9.53 Å². The smallest absolute Gasteiger partial charge is 0.338 e. The van der Waals surface area contributed by atoms with Crippen LogP contribution in [0.1, 0.15) is 51.8 Å². The second-order valence-corrected chi connectivity index (χ2v) is 12.2. The van der Waals surface area contributed by atoms with Crippen LogP contribution in [0.25, 0.3) is 6.08 Å². The largest absolute Gasteiger partial charge is 0.493 e. The molecule has 11 heteroatoms. The maximum absolute atomic E-state index is 14.0. The van der Waals surface area contributed by atoms with Gasteiger partial charge in [-0.3, -0.25) is 9.36 Å². The molecule has 0 unspecified atom stereocenters. The average molecular weight is 741 g/mol. The molecule has 0 amide bonds. The molecule has 0 N–H and O–H groups in total. The van der Waals surface area contributed by atoms with Crippen LogP contribution in [0.15, 0.2) is 55.9 Å². The lowest BCUT2D eigenvalue weighted by molar-refractivity contribution is -0.139. The van der Waals surface area contributed by atoms with Gasteiger partial charge in [0, 0.05) is 10.0 Å². The summed E-state index contributed by atoms with van der Waals surface area (Å²) in [6.45, 7) is 9.96. The van der Waals surface area contributed by atoms with E-state index in [2.05, 4.69) is 43.5 Å². The zero-order valence-corrected chi connectivity index (χ0v) is 27.6. The predicted molar refractivity (Wildman–Crippen MR) is 167 cm³/mol. The van der Waals surface area contributed by atoms with Gasteiger partial charge in [-0.2, -0.15) is 0 Å². The fourth-order valence-corrected chi connectivity index (χ4v) is 7.18. The van der Waals surface area contributed by atoms with Crippen molar-refractivity contribution in [3.63, 3.8) is 0 Å². The molecule has 0 saturated heterocycles. The van der Waals surface area contributed by atoms with Gasteiger partial charge in [0.15, 0.2) is 16.3 Å². The number of aromatic nitrogens is 1. The van der Waals surface area contributed by atoms with Gasteiger partial charge in [0.1, 0.15) is 5.75 Å². The number of thiazole rings is 1. The minimum atomic E-state index is -0.770. The fourth-order valence-electron chi connectivity index (χ4n) is 4.44. The Morgan fingerprint density at radius 2 is 1.95 bits per heavy atom. The Morgan fingerprint density at radius 1 is 1.20 bits per heavy atom. The quantitative estimate of drug-likeness (QED) is 0.217. The van der Waals surface area contributed by atoms with Crippen LogP contribution in [0.3, 0.4) is 0 Å². The van der Waals surface area contributed by atoms with E-state index >= 15 is 0 Å². The van der Waals surface area contributed by atoms with E-state index in [1.807, 2.05) is 45.0 Å². The molecule has 4 rings (SSSR count). The summed E-state index contributed by atoms with van der Waals surface area (Å²) >= 11 is 7.02. The Kier molecular flexibility index (Phi) is 9.78. The first-order valence-corrected chi connectivity index (χ1v) is 15.4. The van der Waals surface area contributed by atoms with Crippen molar-refractivity contribution < 1.29 is 23.7 Å². The van der Waals surface area contributed by atoms with Gasteiger partial charge in [-0.25, -0.2) is 9.79 Å². The number of benzene rings is 2. The van der Waals surface area contributed by atoms with Crippen LogP contribution in [0, 0.1) is 3.57 Å². The third-order valence-electron chi connectivity index (χ3n) is 6.00. The summed E-state index contributed by atoms with van der Waals surface area (Å²) in [5, 5.41) is 0. The van der Waals surface area contributed by atoms with Crippen LogP contribution >= 0.6 is 49.9 Å². The molecule has 40 heavy (non-hydrogen) atoms. The van der Waals surface area contributed by atoms with E-state index in [0.29, 0.717) is 50.0 Å². The SMILES string of the molecule is CCOC(=O)C1=C(C)N=c2s/c(=C/c3cc(Br)cc(I)c3OCC)c(=O)n2[C@@H]1c1ccc(OC(C)C)c(OC)c1. The summed E-state index contributed by atoms with van der Waals surface area (Å²) in [5.41, 5.74) is 1.95. The maximum Gasteiger partial charge on any atom is 0.338 e. The highest BCUT2D eigenvalue weighted by Crippen LogP contribution is 2.37. The Hall–Kier alpha value is -2.64. The normalized spacial score (nSPS) is 15.1. The zero-order valence-electron chi connectivity index (χ0n) is 23.0. The van der Waals surface area contributed by atoms with Crippen molar-refractivity contribution in [1.29, 1.82) is 0 Å². The van der Waals surface area contributed by atoms with Crippen molar-refractivity contribution in [3.8, 4) is 17.2 Å². The van der Waals surface area contributed by atoms with E-state index in [9.17, 15) is 9.59 Å². The van der Waals surface area contributed by atoms with Crippen LogP contribution < -0.4 is 29.1 Å². The lowest BCUT2D eigenvalue weighted by Gasteiger charge is -2.25. The molecule has 1 aliphatic heterocycles. The molecule has 0 fully saturated rings.